The van der Waals surface area contributed by atoms with Crippen molar-refractivity contribution >= 4 is 11.6 Å². The molecule has 2 aromatic rings. The van der Waals surface area contributed by atoms with Crippen LogP contribution in [0.25, 0.3) is 0 Å². The quantitative estimate of drug-likeness (QED) is 0.725. The smallest absolute Gasteiger partial charge is 0.123 e. The molecule has 0 bridgehead atoms. The van der Waals surface area contributed by atoms with Crippen molar-refractivity contribution in [1.82, 2.24) is 9.55 Å². The van der Waals surface area contributed by atoms with E-state index in [0.717, 1.165) is 22.9 Å². The number of rotatable bonds is 7. The molecule has 0 aliphatic carbocycles. The van der Waals surface area contributed by atoms with Crippen molar-refractivity contribution in [3.63, 3.8) is 0 Å². The zero-order valence-electron chi connectivity index (χ0n) is 13.4. The molecule has 5 heteroatoms. The molecule has 1 heterocycles. The molecule has 1 aromatic heterocycles. The zero-order valence-corrected chi connectivity index (χ0v) is 14.1. The fourth-order valence-electron chi connectivity index (χ4n) is 2.12. The zero-order chi connectivity index (χ0) is 16.0. The van der Waals surface area contributed by atoms with Gasteiger partial charge in [-0.2, -0.15) is 0 Å². The van der Waals surface area contributed by atoms with Gasteiger partial charge in [0.1, 0.15) is 12.4 Å². The lowest BCUT2D eigenvalue weighted by Crippen LogP contribution is -2.16. The van der Waals surface area contributed by atoms with E-state index in [-0.39, 0.29) is 5.41 Å². The minimum absolute atomic E-state index is 0.0114. The van der Waals surface area contributed by atoms with Gasteiger partial charge < -0.3 is 14.0 Å². The Kier molecular flexibility index (Phi) is 5.86. The molecule has 0 amide bonds. The van der Waals surface area contributed by atoms with Crippen LogP contribution in [0.3, 0.4) is 0 Å². The van der Waals surface area contributed by atoms with Gasteiger partial charge in [0.05, 0.1) is 19.5 Å². The number of benzene rings is 1. The minimum Gasteiger partial charge on any atom is -0.491 e. The number of imidazole rings is 1. The van der Waals surface area contributed by atoms with Crippen LogP contribution in [0.4, 0.5) is 0 Å². The van der Waals surface area contributed by atoms with Crippen LogP contribution in [0.5, 0.6) is 5.75 Å². The third-order valence-electron chi connectivity index (χ3n) is 3.29. The van der Waals surface area contributed by atoms with Gasteiger partial charge in [0, 0.05) is 29.5 Å². The Morgan fingerprint density at radius 1 is 1.18 bits per heavy atom. The first-order valence-electron chi connectivity index (χ1n) is 7.43. The van der Waals surface area contributed by atoms with E-state index in [1.54, 1.807) is 12.5 Å². The summed E-state index contributed by atoms with van der Waals surface area (Å²) in [7, 11) is 0. The highest BCUT2D eigenvalue weighted by atomic mass is 35.5. The van der Waals surface area contributed by atoms with Crippen LogP contribution in [0.15, 0.2) is 36.9 Å². The van der Waals surface area contributed by atoms with Gasteiger partial charge in [0.2, 0.25) is 0 Å². The molecule has 1 aromatic carbocycles. The van der Waals surface area contributed by atoms with Gasteiger partial charge in [-0.15, -0.1) is 0 Å². The van der Waals surface area contributed by atoms with Crippen LogP contribution in [-0.2, 0) is 16.7 Å². The van der Waals surface area contributed by atoms with E-state index < -0.39 is 0 Å². The average Bonchev–Trinajstić information content (AvgIpc) is 2.96. The van der Waals surface area contributed by atoms with Crippen molar-refractivity contribution < 1.29 is 9.47 Å². The number of aromatic nitrogens is 2. The van der Waals surface area contributed by atoms with Gasteiger partial charge in [-0.05, 0) is 23.6 Å². The van der Waals surface area contributed by atoms with Crippen molar-refractivity contribution in [2.75, 3.05) is 19.8 Å². The van der Waals surface area contributed by atoms with E-state index in [9.17, 15) is 0 Å². The molecule has 0 atom stereocenters. The van der Waals surface area contributed by atoms with E-state index in [2.05, 4.69) is 25.8 Å². The Hall–Kier alpha value is -1.52. The standard InChI is InChI=1S/C17H23ClN2O2/c1-17(2,3)15-12-14(18)4-5-16(15)22-11-10-21-9-8-20-7-6-19-13-20/h4-7,12-13H,8-11H2,1-3H3. The molecule has 22 heavy (non-hydrogen) atoms. The Morgan fingerprint density at radius 2 is 2.00 bits per heavy atom. The number of ether oxygens (including phenoxy) is 2. The van der Waals surface area contributed by atoms with Crippen LogP contribution in [0, 0.1) is 0 Å². The first kappa shape index (κ1) is 16.8. The van der Waals surface area contributed by atoms with Gasteiger partial charge in [0.25, 0.3) is 0 Å². The van der Waals surface area contributed by atoms with Crippen LogP contribution < -0.4 is 4.74 Å². The van der Waals surface area contributed by atoms with E-state index in [4.69, 9.17) is 21.1 Å². The first-order valence-corrected chi connectivity index (χ1v) is 7.81. The van der Waals surface area contributed by atoms with Gasteiger partial charge in [0.15, 0.2) is 0 Å². The van der Waals surface area contributed by atoms with E-state index >= 15 is 0 Å². The van der Waals surface area contributed by atoms with Gasteiger partial charge >= 0.3 is 0 Å². The second-order valence-corrected chi connectivity index (χ2v) is 6.59. The van der Waals surface area contributed by atoms with Crippen LogP contribution >= 0.6 is 11.6 Å². The fraction of sp³-hybridized carbons (Fsp3) is 0.471. The summed E-state index contributed by atoms with van der Waals surface area (Å²) in [5, 5.41) is 0.730. The normalized spacial score (nSPS) is 11.6. The lowest BCUT2D eigenvalue weighted by molar-refractivity contribution is 0.0937. The van der Waals surface area contributed by atoms with E-state index in [1.807, 2.05) is 29.0 Å². The molecule has 4 nitrogen and oxygen atoms in total. The highest BCUT2D eigenvalue weighted by Crippen LogP contribution is 2.33. The average molecular weight is 323 g/mol. The second kappa shape index (κ2) is 7.65. The van der Waals surface area contributed by atoms with E-state index in [0.29, 0.717) is 19.8 Å². The predicted octanol–water partition coefficient (Wildman–Crippen LogP) is 3.93. The topological polar surface area (TPSA) is 36.3 Å². The molecule has 0 unspecified atom stereocenters. The largest absolute Gasteiger partial charge is 0.491 e. The van der Waals surface area contributed by atoms with Crippen LogP contribution in [-0.4, -0.2) is 29.4 Å². The molecule has 120 valence electrons. The maximum absolute atomic E-state index is 6.09. The monoisotopic (exact) mass is 322 g/mol. The molecule has 0 saturated heterocycles. The SMILES string of the molecule is CC(C)(C)c1cc(Cl)ccc1OCCOCCn1ccnc1. The number of hydrogen-bond acceptors (Lipinski definition) is 3. The van der Waals surface area contributed by atoms with Gasteiger partial charge in [-0.3, -0.25) is 0 Å². The summed E-state index contributed by atoms with van der Waals surface area (Å²) in [5.41, 5.74) is 1.10. The van der Waals surface area contributed by atoms with Crippen molar-refractivity contribution in [2.45, 2.75) is 32.7 Å². The Balaban J connectivity index is 1.77. The number of hydrogen-bond donors (Lipinski definition) is 0. The van der Waals surface area contributed by atoms with E-state index in [1.165, 1.54) is 0 Å². The second-order valence-electron chi connectivity index (χ2n) is 6.15. The highest BCUT2D eigenvalue weighted by Gasteiger charge is 2.19. The molecule has 0 radical (unpaired) electrons. The molecule has 0 saturated carbocycles. The maximum atomic E-state index is 6.09. The number of halogens is 1. The first-order chi connectivity index (χ1) is 10.5. The van der Waals surface area contributed by atoms with Crippen molar-refractivity contribution in [3.05, 3.63) is 47.5 Å². The predicted molar refractivity (Wildman–Crippen MR) is 88.7 cm³/mol. The fourth-order valence-corrected chi connectivity index (χ4v) is 2.29. The van der Waals surface area contributed by atoms with Crippen molar-refractivity contribution in [2.24, 2.45) is 0 Å². The molecule has 0 spiro atoms. The summed E-state index contributed by atoms with van der Waals surface area (Å²) in [6.45, 7) is 8.96. The summed E-state index contributed by atoms with van der Waals surface area (Å²) >= 11 is 6.09. The summed E-state index contributed by atoms with van der Waals surface area (Å²) in [4.78, 5) is 3.99. The maximum Gasteiger partial charge on any atom is 0.123 e. The van der Waals surface area contributed by atoms with Gasteiger partial charge in [-0.25, -0.2) is 4.98 Å². The summed E-state index contributed by atoms with van der Waals surface area (Å²) < 4.78 is 13.4. The molecule has 0 aliphatic rings. The molecule has 0 N–H and O–H groups in total. The Bertz CT molecular complexity index is 577. The summed E-state index contributed by atoms with van der Waals surface area (Å²) in [5.74, 6) is 0.870. The summed E-state index contributed by atoms with van der Waals surface area (Å²) in [6, 6.07) is 5.75. The lowest BCUT2D eigenvalue weighted by Gasteiger charge is -2.23. The van der Waals surface area contributed by atoms with Crippen molar-refractivity contribution in [3.8, 4) is 5.75 Å². The minimum atomic E-state index is -0.0114. The van der Waals surface area contributed by atoms with Crippen molar-refractivity contribution in [1.29, 1.82) is 0 Å². The highest BCUT2D eigenvalue weighted by molar-refractivity contribution is 6.30. The third-order valence-corrected chi connectivity index (χ3v) is 3.52. The lowest BCUT2D eigenvalue weighted by atomic mass is 9.86. The molecule has 0 fully saturated rings. The molecule has 0 aliphatic heterocycles. The Labute approximate surface area is 137 Å². The molecule has 2 rings (SSSR count). The Morgan fingerprint density at radius 3 is 2.68 bits per heavy atom. The third kappa shape index (κ3) is 5.04. The summed E-state index contributed by atoms with van der Waals surface area (Å²) in [6.07, 6.45) is 5.46. The van der Waals surface area contributed by atoms with Crippen LogP contribution in [0.1, 0.15) is 26.3 Å². The van der Waals surface area contributed by atoms with Crippen LogP contribution in [0.2, 0.25) is 5.02 Å². The number of nitrogens with zero attached hydrogens (tertiary/aromatic N) is 2. The molecular formula is C17H23ClN2O2. The van der Waals surface area contributed by atoms with Gasteiger partial charge in [-0.1, -0.05) is 32.4 Å². The molecular weight excluding hydrogens is 300 g/mol.